The van der Waals surface area contributed by atoms with Crippen molar-refractivity contribution in [2.24, 2.45) is 5.16 Å². The van der Waals surface area contributed by atoms with Gasteiger partial charge in [-0.15, -0.1) is 0 Å². The van der Waals surface area contributed by atoms with Gasteiger partial charge in [-0.1, -0.05) is 5.16 Å². The third kappa shape index (κ3) is 2.75. The van der Waals surface area contributed by atoms with E-state index in [1.165, 1.54) is 0 Å². The molecule has 1 amide bonds. The second-order valence-electron chi connectivity index (χ2n) is 3.84. The highest BCUT2D eigenvalue weighted by atomic mass is 16.6. The number of nitrogens with zero attached hydrogens (tertiary/aromatic N) is 1. The Morgan fingerprint density at radius 2 is 2.18 bits per heavy atom. The minimum absolute atomic E-state index is 0.0217. The predicted molar refractivity (Wildman–Crippen MR) is 64.2 cm³/mol. The van der Waals surface area contributed by atoms with Crippen molar-refractivity contribution in [2.75, 3.05) is 12.4 Å². The van der Waals surface area contributed by atoms with E-state index in [1.54, 1.807) is 31.4 Å². The average Bonchev–Trinajstić information content (AvgIpc) is 2.77. The fraction of sp³-hybridized carbons (Fsp3) is 0.333. The van der Waals surface area contributed by atoms with E-state index in [2.05, 4.69) is 10.5 Å². The molecule has 1 atom stereocenters. The van der Waals surface area contributed by atoms with Gasteiger partial charge in [0.1, 0.15) is 17.6 Å². The molecule has 90 valence electrons. The third-order valence-electron chi connectivity index (χ3n) is 2.43. The van der Waals surface area contributed by atoms with E-state index in [4.69, 9.17) is 9.57 Å². The first-order valence-electron chi connectivity index (χ1n) is 5.37. The van der Waals surface area contributed by atoms with Crippen molar-refractivity contribution >= 4 is 17.3 Å². The minimum atomic E-state index is -0.223. The molecule has 0 radical (unpaired) electrons. The van der Waals surface area contributed by atoms with Crippen LogP contribution >= 0.6 is 0 Å². The van der Waals surface area contributed by atoms with Gasteiger partial charge in [0.05, 0.1) is 7.11 Å². The average molecular weight is 234 g/mol. The van der Waals surface area contributed by atoms with Crippen LogP contribution in [0.3, 0.4) is 0 Å². The van der Waals surface area contributed by atoms with Gasteiger partial charge in [-0.3, -0.25) is 4.79 Å². The largest absolute Gasteiger partial charge is 0.497 e. The number of carbonyl (C=O) groups is 1. The van der Waals surface area contributed by atoms with Gasteiger partial charge >= 0.3 is 0 Å². The molecule has 1 unspecified atom stereocenters. The summed E-state index contributed by atoms with van der Waals surface area (Å²) >= 11 is 0. The number of amides is 1. The van der Waals surface area contributed by atoms with Gasteiger partial charge in [0, 0.05) is 12.1 Å². The van der Waals surface area contributed by atoms with E-state index < -0.39 is 0 Å². The van der Waals surface area contributed by atoms with Crippen LogP contribution in [-0.2, 0) is 9.63 Å². The Kier molecular flexibility index (Phi) is 3.27. The second kappa shape index (κ2) is 4.86. The van der Waals surface area contributed by atoms with Gasteiger partial charge in [-0.2, -0.15) is 0 Å². The van der Waals surface area contributed by atoms with Gasteiger partial charge in [-0.05, 0) is 31.2 Å². The molecule has 2 rings (SSSR count). The number of hydrogen-bond donors (Lipinski definition) is 1. The molecule has 1 heterocycles. The van der Waals surface area contributed by atoms with Crippen LogP contribution in [0.1, 0.15) is 13.3 Å². The molecule has 1 aromatic rings. The molecular formula is C12H14N2O3. The summed E-state index contributed by atoms with van der Waals surface area (Å²) in [6.45, 7) is 1.87. The molecule has 0 spiro atoms. The molecule has 5 heteroatoms. The number of hydrogen-bond acceptors (Lipinski definition) is 4. The first kappa shape index (κ1) is 11.4. The Morgan fingerprint density at radius 3 is 2.71 bits per heavy atom. The summed E-state index contributed by atoms with van der Waals surface area (Å²) in [5.41, 5.74) is 1.13. The van der Waals surface area contributed by atoms with Crippen LogP contribution in [0.25, 0.3) is 0 Å². The smallest absolute Gasteiger partial charge is 0.273 e. The van der Waals surface area contributed by atoms with E-state index >= 15 is 0 Å². The molecule has 0 saturated heterocycles. The summed E-state index contributed by atoms with van der Waals surface area (Å²) in [4.78, 5) is 16.7. The zero-order valence-electron chi connectivity index (χ0n) is 9.77. The number of anilines is 1. The first-order valence-corrected chi connectivity index (χ1v) is 5.37. The van der Waals surface area contributed by atoms with Crippen LogP contribution in [0.4, 0.5) is 5.69 Å². The van der Waals surface area contributed by atoms with Crippen molar-refractivity contribution < 1.29 is 14.4 Å². The topological polar surface area (TPSA) is 59.9 Å². The van der Waals surface area contributed by atoms with E-state index in [1.807, 2.05) is 6.92 Å². The molecule has 0 fully saturated rings. The quantitative estimate of drug-likeness (QED) is 0.867. The van der Waals surface area contributed by atoms with E-state index in [0.717, 1.165) is 5.75 Å². The number of methoxy groups -OCH3 is 1. The van der Waals surface area contributed by atoms with Gasteiger partial charge in [0.25, 0.3) is 5.91 Å². The van der Waals surface area contributed by atoms with Crippen LogP contribution < -0.4 is 10.1 Å². The van der Waals surface area contributed by atoms with E-state index in [-0.39, 0.29) is 12.0 Å². The van der Waals surface area contributed by atoms with Crippen LogP contribution in [0, 0.1) is 0 Å². The fourth-order valence-electron chi connectivity index (χ4n) is 1.51. The molecule has 1 aromatic carbocycles. The standard InChI is InChI=1S/C12H14N2O3/c1-8-7-11(14-17-8)12(15)13-9-3-5-10(16-2)6-4-9/h3-6,8H,7H2,1-2H3,(H,13,15). The number of nitrogens with one attached hydrogen (secondary N) is 1. The molecule has 0 bridgehead atoms. The molecule has 17 heavy (non-hydrogen) atoms. The molecular weight excluding hydrogens is 220 g/mol. The molecule has 0 aliphatic carbocycles. The second-order valence-corrected chi connectivity index (χ2v) is 3.84. The number of ether oxygens (including phenoxy) is 1. The molecule has 0 saturated carbocycles. The van der Waals surface area contributed by atoms with Crippen LogP contribution in [-0.4, -0.2) is 24.8 Å². The van der Waals surface area contributed by atoms with Crippen molar-refractivity contribution in [2.45, 2.75) is 19.4 Å². The lowest BCUT2D eigenvalue weighted by atomic mass is 10.2. The summed E-state index contributed by atoms with van der Waals surface area (Å²) in [5.74, 6) is 0.526. The Morgan fingerprint density at radius 1 is 1.47 bits per heavy atom. The summed E-state index contributed by atoms with van der Waals surface area (Å²) in [7, 11) is 1.60. The minimum Gasteiger partial charge on any atom is -0.497 e. The first-order chi connectivity index (χ1) is 8.19. The highest BCUT2D eigenvalue weighted by Crippen LogP contribution is 2.16. The molecule has 1 aliphatic rings. The van der Waals surface area contributed by atoms with Crippen molar-refractivity contribution in [3.63, 3.8) is 0 Å². The van der Waals surface area contributed by atoms with Gasteiger partial charge in [0.2, 0.25) is 0 Å². The molecule has 1 N–H and O–H groups in total. The lowest BCUT2D eigenvalue weighted by Crippen LogP contribution is -2.22. The maximum absolute atomic E-state index is 11.8. The lowest BCUT2D eigenvalue weighted by Gasteiger charge is -2.05. The highest BCUT2D eigenvalue weighted by Gasteiger charge is 2.22. The number of carbonyl (C=O) groups excluding carboxylic acids is 1. The van der Waals surface area contributed by atoms with Crippen molar-refractivity contribution in [3.05, 3.63) is 24.3 Å². The Balaban J connectivity index is 1.98. The number of benzene rings is 1. The van der Waals surface area contributed by atoms with Crippen LogP contribution in [0.5, 0.6) is 5.75 Å². The summed E-state index contributed by atoms with van der Waals surface area (Å²) in [6.07, 6.45) is 0.522. The summed E-state index contributed by atoms with van der Waals surface area (Å²) in [5, 5.41) is 6.48. The van der Waals surface area contributed by atoms with E-state index in [9.17, 15) is 4.79 Å². The fourth-order valence-corrected chi connectivity index (χ4v) is 1.51. The highest BCUT2D eigenvalue weighted by molar-refractivity contribution is 6.43. The lowest BCUT2D eigenvalue weighted by molar-refractivity contribution is -0.110. The summed E-state index contributed by atoms with van der Waals surface area (Å²) < 4.78 is 5.03. The third-order valence-corrected chi connectivity index (χ3v) is 2.43. The van der Waals surface area contributed by atoms with Gasteiger partial charge < -0.3 is 14.9 Å². The zero-order valence-corrected chi connectivity index (χ0v) is 9.77. The Bertz CT molecular complexity index is 440. The summed E-state index contributed by atoms with van der Waals surface area (Å²) in [6, 6.07) is 7.11. The molecule has 1 aliphatic heterocycles. The normalized spacial score (nSPS) is 18.2. The van der Waals surface area contributed by atoms with Crippen molar-refractivity contribution in [1.29, 1.82) is 0 Å². The molecule has 5 nitrogen and oxygen atoms in total. The van der Waals surface area contributed by atoms with Crippen molar-refractivity contribution in [3.8, 4) is 5.75 Å². The van der Waals surface area contributed by atoms with Crippen LogP contribution in [0.2, 0.25) is 0 Å². The van der Waals surface area contributed by atoms with Crippen molar-refractivity contribution in [1.82, 2.24) is 0 Å². The molecule has 0 aromatic heterocycles. The van der Waals surface area contributed by atoms with Gasteiger partial charge in [-0.25, -0.2) is 0 Å². The van der Waals surface area contributed by atoms with E-state index in [0.29, 0.717) is 17.8 Å². The maximum atomic E-state index is 11.8. The Hall–Kier alpha value is -2.04. The predicted octanol–water partition coefficient (Wildman–Crippen LogP) is 1.80. The Labute approximate surface area is 99.4 Å². The number of oxime groups is 1. The van der Waals surface area contributed by atoms with Gasteiger partial charge in [0.15, 0.2) is 0 Å². The maximum Gasteiger partial charge on any atom is 0.273 e. The zero-order chi connectivity index (χ0) is 12.3. The monoisotopic (exact) mass is 234 g/mol. The SMILES string of the molecule is COc1ccc(NC(=O)C2=NOC(C)C2)cc1. The van der Waals surface area contributed by atoms with Crippen LogP contribution in [0.15, 0.2) is 29.4 Å². The number of rotatable bonds is 3.